The fourth-order valence-corrected chi connectivity index (χ4v) is 3.75. The fourth-order valence-electron chi connectivity index (χ4n) is 3.53. The van der Waals surface area contributed by atoms with E-state index in [4.69, 9.17) is 16.3 Å². The molecule has 7 nitrogen and oxygen atoms in total. The van der Waals surface area contributed by atoms with Crippen molar-refractivity contribution >= 4 is 34.3 Å². The lowest BCUT2D eigenvalue weighted by molar-refractivity contribution is -0.136. The first-order valence-corrected chi connectivity index (χ1v) is 10.4. The van der Waals surface area contributed by atoms with E-state index in [0.717, 1.165) is 18.2 Å². The minimum atomic E-state index is -0.171. The van der Waals surface area contributed by atoms with Gasteiger partial charge in [0.1, 0.15) is 11.3 Å². The molecule has 1 saturated heterocycles. The summed E-state index contributed by atoms with van der Waals surface area (Å²) >= 11 is 6.20. The standard InChI is InChI=1S/C21H25ClN4O3/c1-14(21(28)24-15-4-5-15)25-9-11-26(12-10-25)19(27)13-29-18-7-6-17(22)16-3-2-8-23-20(16)18/h2-3,6-8,14-15H,4-5,9-13H2,1H3,(H,24,28). The number of nitrogens with zero attached hydrogens (tertiary/aromatic N) is 3. The zero-order valence-electron chi connectivity index (χ0n) is 16.4. The van der Waals surface area contributed by atoms with E-state index in [1.165, 1.54) is 0 Å². The van der Waals surface area contributed by atoms with Gasteiger partial charge in [0.25, 0.3) is 5.91 Å². The van der Waals surface area contributed by atoms with E-state index in [9.17, 15) is 9.59 Å². The number of nitrogens with one attached hydrogen (secondary N) is 1. The molecule has 1 saturated carbocycles. The van der Waals surface area contributed by atoms with Gasteiger partial charge in [-0.25, -0.2) is 0 Å². The number of pyridine rings is 1. The van der Waals surface area contributed by atoms with E-state index in [1.54, 1.807) is 23.2 Å². The molecule has 0 radical (unpaired) electrons. The van der Waals surface area contributed by atoms with E-state index in [0.29, 0.717) is 48.5 Å². The Bertz CT molecular complexity index is 910. The summed E-state index contributed by atoms with van der Waals surface area (Å²) in [4.78, 5) is 33.1. The van der Waals surface area contributed by atoms with Gasteiger partial charge in [-0.3, -0.25) is 19.5 Å². The van der Waals surface area contributed by atoms with Crippen molar-refractivity contribution in [2.24, 2.45) is 0 Å². The van der Waals surface area contributed by atoms with Crippen LogP contribution < -0.4 is 10.1 Å². The molecule has 2 amide bonds. The number of amides is 2. The zero-order chi connectivity index (χ0) is 20.4. The van der Waals surface area contributed by atoms with Crippen LogP contribution >= 0.6 is 11.6 Å². The fraction of sp³-hybridized carbons (Fsp3) is 0.476. The topological polar surface area (TPSA) is 74.8 Å². The van der Waals surface area contributed by atoms with Crippen LogP contribution in [0, 0.1) is 0 Å². The third-order valence-corrected chi connectivity index (χ3v) is 5.88. The van der Waals surface area contributed by atoms with Gasteiger partial charge in [-0.05, 0) is 44.0 Å². The van der Waals surface area contributed by atoms with Crippen molar-refractivity contribution in [3.63, 3.8) is 0 Å². The molecular formula is C21H25ClN4O3. The lowest BCUT2D eigenvalue weighted by Gasteiger charge is -2.37. The molecule has 8 heteroatoms. The normalized spacial score (nSPS) is 18.5. The molecule has 1 aromatic heterocycles. The van der Waals surface area contributed by atoms with Crippen LogP contribution in [0.15, 0.2) is 30.5 Å². The highest BCUT2D eigenvalue weighted by molar-refractivity contribution is 6.35. The quantitative estimate of drug-likeness (QED) is 0.780. The first-order chi connectivity index (χ1) is 14.0. The smallest absolute Gasteiger partial charge is 0.260 e. The van der Waals surface area contributed by atoms with Gasteiger partial charge in [-0.15, -0.1) is 0 Å². The summed E-state index contributed by atoms with van der Waals surface area (Å²) in [5.41, 5.74) is 0.646. The molecule has 1 aromatic carbocycles. The number of benzene rings is 1. The van der Waals surface area contributed by atoms with E-state index in [2.05, 4.69) is 15.2 Å². The third kappa shape index (κ3) is 4.62. The average Bonchev–Trinajstić information content (AvgIpc) is 3.57. The Morgan fingerprint density at radius 3 is 2.72 bits per heavy atom. The number of aromatic nitrogens is 1. The minimum absolute atomic E-state index is 0.0506. The zero-order valence-corrected chi connectivity index (χ0v) is 17.2. The Labute approximate surface area is 175 Å². The first-order valence-electron chi connectivity index (χ1n) is 10.0. The van der Waals surface area contributed by atoms with Crippen LogP contribution in [0.25, 0.3) is 10.9 Å². The Balaban J connectivity index is 1.29. The van der Waals surface area contributed by atoms with E-state index in [-0.39, 0.29) is 24.5 Å². The molecule has 0 bridgehead atoms. The molecule has 0 spiro atoms. The minimum Gasteiger partial charge on any atom is -0.481 e. The van der Waals surface area contributed by atoms with E-state index in [1.807, 2.05) is 19.1 Å². The number of fused-ring (bicyclic) bond motifs is 1. The molecule has 1 unspecified atom stereocenters. The second-order valence-electron chi connectivity index (χ2n) is 7.61. The monoisotopic (exact) mass is 416 g/mol. The summed E-state index contributed by atoms with van der Waals surface area (Å²) in [7, 11) is 0. The predicted octanol–water partition coefficient (Wildman–Crippen LogP) is 2.08. The van der Waals surface area contributed by atoms with Crippen LogP contribution in [0.4, 0.5) is 0 Å². The highest BCUT2D eigenvalue weighted by Gasteiger charge is 2.31. The van der Waals surface area contributed by atoms with Crippen molar-refractivity contribution in [3.05, 3.63) is 35.5 Å². The molecule has 1 aliphatic heterocycles. The lowest BCUT2D eigenvalue weighted by atomic mass is 10.2. The third-order valence-electron chi connectivity index (χ3n) is 5.55. The summed E-state index contributed by atoms with van der Waals surface area (Å²) in [5, 5.41) is 4.44. The van der Waals surface area contributed by atoms with Crippen LogP contribution in [0.5, 0.6) is 5.75 Å². The Morgan fingerprint density at radius 1 is 1.24 bits per heavy atom. The van der Waals surface area contributed by atoms with Crippen molar-refractivity contribution in [2.45, 2.75) is 31.8 Å². The van der Waals surface area contributed by atoms with E-state index < -0.39 is 0 Å². The van der Waals surface area contributed by atoms with Gasteiger partial charge in [0.2, 0.25) is 5.91 Å². The summed E-state index contributed by atoms with van der Waals surface area (Å²) in [6.45, 7) is 4.40. The summed E-state index contributed by atoms with van der Waals surface area (Å²) < 4.78 is 5.76. The summed E-state index contributed by atoms with van der Waals surface area (Å²) in [5.74, 6) is 0.554. The lowest BCUT2D eigenvalue weighted by Crippen LogP contribution is -2.55. The predicted molar refractivity (Wildman–Crippen MR) is 111 cm³/mol. The molecule has 2 aromatic rings. The highest BCUT2D eigenvalue weighted by Crippen LogP contribution is 2.29. The molecule has 2 heterocycles. The number of piperazine rings is 1. The van der Waals surface area contributed by atoms with Crippen LogP contribution in [0.1, 0.15) is 19.8 Å². The number of carbonyl (C=O) groups excluding carboxylic acids is 2. The number of halogens is 1. The number of hydrogen-bond donors (Lipinski definition) is 1. The molecule has 1 N–H and O–H groups in total. The molecule has 29 heavy (non-hydrogen) atoms. The molecule has 4 rings (SSSR count). The van der Waals surface area contributed by atoms with Gasteiger partial charge in [-0.2, -0.15) is 0 Å². The number of hydrogen-bond acceptors (Lipinski definition) is 5. The van der Waals surface area contributed by atoms with Gasteiger partial charge in [0.05, 0.1) is 11.1 Å². The van der Waals surface area contributed by atoms with Crippen LogP contribution in [-0.4, -0.2) is 71.5 Å². The maximum absolute atomic E-state index is 12.6. The van der Waals surface area contributed by atoms with E-state index >= 15 is 0 Å². The number of carbonyl (C=O) groups is 2. The summed E-state index contributed by atoms with van der Waals surface area (Å²) in [6.07, 6.45) is 3.84. The number of rotatable bonds is 6. The Morgan fingerprint density at radius 2 is 2.00 bits per heavy atom. The largest absolute Gasteiger partial charge is 0.481 e. The van der Waals surface area contributed by atoms with Crippen molar-refractivity contribution in [3.8, 4) is 5.75 Å². The first kappa shape index (κ1) is 19.9. The number of ether oxygens (including phenoxy) is 1. The maximum Gasteiger partial charge on any atom is 0.260 e. The van der Waals surface area contributed by atoms with Crippen molar-refractivity contribution in [1.82, 2.24) is 20.1 Å². The molecule has 154 valence electrons. The second kappa shape index (κ2) is 8.55. The van der Waals surface area contributed by atoms with Gasteiger partial charge >= 0.3 is 0 Å². The molecule has 1 aliphatic carbocycles. The van der Waals surface area contributed by atoms with Gasteiger partial charge in [0, 0.05) is 43.8 Å². The van der Waals surface area contributed by atoms with Crippen molar-refractivity contribution in [2.75, 3.05) is 32.8 Å². The average molecular weight is 417 g/mol. The van der Waals surface area contributed by atoms with Crippen LogP contribution in [-0.2, 0) is 9.59 Å². The molecular weight excluding hydrogens is 392 g/mol. The maximum atomic E-state index is 12.6. The molecule has 1 atom stereocenters. The SMILES string of the molecule is CC(C(=O)NC1CC1)N1CCN(C(=O)COc2ccc(Cl)c3cccnc23)CC1. The van der Waals surface area contributed by atoms with Gasteiger partial charge in [-0.1, -0.05) is 11.6 Å². The Kier molecular flexibility index (Phi) is 5.87. The van der Waals surface area contributed by atoms with Crippen molar-refractivity contribution in [1.29, 1.82) is 0 Å². The summed E-state index contributed by atoms with van der Waals surface area (Å²) in [6, 6.07) is 7.37. The van der Waals surface area contributed by atoms with Crippen molar-refractivity contribution < 1.29 is 14.3 Å². The Hall–Kier alpha value is -2.38. The van der Waals surface area contributed by atoms with Crippen LogP contribution in [0.2, 0.25) is 5.02 Å². The van der Waals surface area contributed by atoms with Gasteiger partial charge < -0.3 is 15.0 Å². The molecule has 2 fully saturated rings. The highest BCUT2D eigenvalue weighted by atomic mass is 35.5. The van der Waals surface area contributed by atoms with Gasteiger partial charge in [0.15, 0.2) is 6.61 Å². The molecule has 2 aliphatic rings. The second-order valence-corrected chi connectivity index (χ2v) is 8.02. The van der Waals surface area contributed by atoms with Crippen LogP contribution in [0.3, 0.4) is 0 Å².